The number of ether oxygens (including phenoxy) is 2. The van der Waals surface area contributed by atoms with Gasteiger partial charge in [0.15, 0.2) is 0 Å². The van der Waals surface area contributed by atoms with E-state index in [-0.39, 0.29) is 12.0 Å². The zero-order valence-corrected chi connectivity index (χ0v) is 11.1. The summed E-state index contributed by atoms with van der Waals surface area (Å²) >= 11 is 0. The Labute approximate surface area is 112 Å². The van der Waals surface area contributed by atoms with Crippen LogP contribution >= 0.6 is 0 Å². The molecule has 6 heteroatoms. The van der Waals surface area contributed by atoms with Crippen LogP contribution in [0.1, 0.15) is 24.2 Å². The largest absolute Gasteiger partial charge is 0.468 e. The van der Waals surface area contributed by atoms with Gasteiger partial charge in [-0.05, 0) is 12.8 Å². The van der Waals surface area contributed by atoms with E-state index >= 15 is 0 Å². The number of fused-ring (bicyclic) bond motifs is 1. The molecule has 1 aromatic rings. The lowest BCUT2D eigenvalue weighted by molar-refractivity contribution is -0.150. The van der Waals surface area contributed by atoms with Crippen LogP contribution in [0.4, 0.5) is 0 Å². The van der Waals surface area contributed by atoms with Crippen LogP contribution in [-0.2, 0) is 27.2 Å². The van der Waals surface area contributed by atoms with Gasteiger partial charge in [-0.25, -0.2) is 4.98 Å². The van der Waals surface area contributed by atoms with Crippen LogP contribution in [0, 0.1) is 0 Å². The van der Waals surface area contributed by atoms with Crippen molar-refractivity contribution in [1.29, 1.82) is 0 Å². The van der Waals surface area contributed by atoms with E-state index in [0.29, 0.717) is 12.5 Å². The Morgan fingerprint density at radius 2 is 2.32 bits per heavy atom. The number of imidazole rings is 1. The van der Waals surface area contributed by atoms with E-state index in [1.54, 1.807) is 6.33 Å². The molecular formula is C13H19N3O3. The fourth-order valence-corrected chi connectivity index (χ4v) is 3.01. The van der Waals surface area contributed by atoms with Crippen molar-refractivity contribution in [3.8, 4) is 0 Å². The van der Waals surface area contributed by atoms with E-state index in [1.807, 2.05) is 0 Å². The number of carbonyl (C=O) groups is 1. The van der Waals surface area contributed by atoms with Gasteiger partial charge >= 0.3 is 5.97 Å². The molecule has 1 N–H and O–H groups in total. The molecule has 2 aliphatic rings. The molecule has 1 unspecified atom stereocenters. The van der Waals surface area contributed by atoms with Crippen molar-refractivity contribution in [2.24, 2.45) is 0 Å². The highest BCUT2D eigenvalue weighted by Gasteiger charge is 2.38. The number of hydrogen-bond acceptors (Lipinski definition) is 5. The van der Waals surface area contributed by atoms with Crippen molar-refractivity contribution in [2.75, 3.05) is 20.3 Å². The van der Waals surface area contributed by atoms with Gasteiger partial charge in [-0.1, -0.05) is 0 Å². The lowest BCUT2D eigenvalue weighted by Gasteiger charge is -2.40. The van der Waals surface area contributed by atoms with Gasteiger partial charge in [0.25, 0.3) is 0 Å². The van der Waals surface area contributed by atoms with Crippen molar-refractivity contribution in [3.05, 3.63) is 17.7 Å². The van der Waals surface area contributed by atoms with Gasteiger partial charge in [0.05, 0.1) is 24.8 Å². The molecule has 3 heterocycles. The van der Waals surface area contributed by atoms with Crippen LogP contribution in [0.3, 0.4) is 0 Å². The van der Waals surface area contributed by atoms with E-state index < -0.39 is 0 Å². The predicted molar refractivity (Wildman–Crippen MR) is 67.5 cm³/mol. The molecule has 0 spiro atoms. The SMILES string of the molecule is COC(=O)C1Cc2nc[nH]c2CN1C1CCOCC1. The Morgan fingerprint density at radius 1 is 1.53 bits per heavy atom. The first-order valence-electron chi connectivity index (χ1n) is 6.72. The molecule has 1 fully saturated rings. The summed E-state index contributed by atoms with van der Waals surface area (Å²) in [4.78, 5) is 21.7. The third kappa shape index (κ3) is 2.37. The first kappa shape index (κ1) is 12.6. The molecule has 0 amide bonds. The van der Waals surface area contributed by atoms with E-state index in [9.17, 15) is 4.79 Å². The number of esters is 1. The smallest absolute Gasteiger partial charge is 0.323 e. The minimum Gasteiger partial charge on any atom is -0.468 e. The van der Waals surface area contributed by atoms with Crippen molar-refractivity contribution in [2.45, 2.75) is 37.9 Å². The number of rotatable bonds is 2. The normalized spacial score (nSPS) is 25.0. The highest BCUT2D eigenvalue weighted by molar-refractivity contribution is 5.76. The first-order chi connectivity index (χ1) is 9.29. The maximum absolute atomic E-state index is 12.0. The van der Waals surface area contributed by atoms with Crippen LogP contribution in [-0.4, -0.2) is 53.2 Å². The van der Waals surface area contributed by atoms with Crippen molar-refractivity contribution < 1.29 is 14.3 Å². The zero-order valence-electron chi connectivity index (χ0n) is 11.1. The second-order valence-corrected chi connectivity index (χ2v) is 5.09. The summed E-state index contributed by atoms with van der Waals surface area (Å²) in [5.41, 5.74) is 2.10. The van der Waals surface area contributed by atoms with Crippen LogP contribution < -0.4 is 0 Å². The lowest BCUT2D eigenvalue weighted by atomic mass is 9.97. The summed E-state index contributed by atoms with van der Waals surface area (Å²) in [5.74, 6) is -0.167. The van der Waals surface area contributed by atoms with E-state index in [4.69, 9.17) is 9.47 Å². The molecular weight excluding hydrogens is 246 g/mol. The fourth-order valence-electron chi connectivity index (χ4n) is 3.01. The maximum Gasteiger partial charge on any atom is 0.323 e. The molecule has 1 atom stereocenters. The molecule has 104 valence electrons. The highest BCUT2D eigenvalue weighted by atomic mass is 16.5. The van der Waals surface area contributed by atoms with Crippen molar-refractivity contribution in [1.82, 2.24) is 14.9 Å². The summed E-state index contributed by atoms with van der Waals surface area (Å²) in [6.07, 6.45) is 4.27. The molecule has 1 aromatic heterocycles. The number of carbonyl (C=O) groups excluding carboxylic acids is 1. The molecule has 1 saturated heterocycles. The van der Waals surface area contributed by atoms with Gasteiger partial charge in [-0.15, -0.1) is 0 Å². The molecule has 0 saturated carbocycles. The lowest BCUT2D eigenvalue weighted by Crippen LogP contribution is -2.52. The van der Waals surface area contributed by atoms with Crippen molar-refractivity contribution in [3.63, 3.8) is 0 Å². The van der Waals surface area contributed by atoms with E-state index in [2.05, 4.69) is 14.9 Å². The Kier molecular flexibility index (Phi) is 3.52. The highest BCUT2D eigenvalue weighted by Crippen LogP contribution is 2.27. The van der Waals surface area contributed by atoms with Crippen molar-refractivity contribution >= 4 is 5.97 Å². The predicted octanol–water partition coefficient (Wildman–Crippen LogP) is 0.488. The fraction of sp³-hybridized carbons (Fsp3) is 0.692. The number of nitrogens with zero attached hydrogens (tertiary/aromatic N) is 2. The number of aromatic nitrogens is 2. The second kappa shape index (κ2) is 5.30. The topological polar surface area (TPSA) is 67.5 Å². The number of nitrogens with one attached hydrogen (secondary N) is 1. The van der Waals surface area contributed by atoms with Gasteiger partial charge in [-0.3, -0.25) is 9.69 Å². The van der Waals surface area contributed by atoms with Gasteiger partial charge in [0.1, 0.15) is 6.04 Å². The van der Waals surface area contributed by atoms with Gasteiger partial charge in [0, 0.05) is 32.2 Å². The quantitative estimate of drug-likeness (QED) is 0.788. The minimum atomic E-state index is -0.219. The summed E-state index contributed by atoms with van der Waals surface area (Å²) in [6.45, 7) is 2.27. The standard InChI is InChI=1S/C13H19N3O3/c1-18-13(17)12-6-10-11(15-8-14-10)7-16(12)9-2-4-19-5-3-9/h8-9,12H,2-7H2,1H3,(H,14,15). The molecule has 0 aromatic carbocycles. The maximum atomic E-state index is 12.0. The molecule has 6 nitrogen and oxygen atoms in total. The average molecular weight is 265 g/mol. The van der Waals surface area contributed by atoms with E-state index in [1.165, 1.54) is 7.11 Å². The Balaban J connectivity index is 1.84. The molecule has 0 radical (unpaired) electrons. The Bertz CT molecular complexity index is 454. The zero-order chi connectivity index (χ0) is 13.2. The number of methoxy groups -OCH3 is 1. The molecule has 19 heavy (non-hydrogen) atoms. The summed E-state index contributed by atoms with van der Waals surface area (Å²) in [6, 6.07) is 0.165. The van der Waals surface area contributed by atoms with Crippen LogP contribution in [0.25, 0.3) is 0 Å². The molecule has 2 aliphatic heterocycles. The number of hydrogen-bond donors (Lipinski definition) is 1. The molecule has 0 aliphatic carbocycles. The Hall–Kier alpha value is -1.40. The summed E-state index contributed by atoms with van der Waals surface area (Å²) < 4.78 is 10.4. The second-order valence-electron chi connectivity index (χ2n) is 5.09. The summed E-state index contributed by atoms with van der Waals surface area (Å²) in [5, 5.41) is 0. The summed E-state index contributed by atoms with van der Waals surface area (Å²) in [7, 11) is 1.45. The third-order valence-electron chi connectivity index (χ3n) is 4.07. The van der Waals surface area contributed by atoms with Crippen LogP contribution in [0.15, 0.2) is 6.33 Å². The van der Waals surface area contributed by atoms with Crippen LogP contribution in [0.2, 0.25) is 0 Å². The van der Waals surface area contributed by atoms with Crippen LogP contribution in [0.5, 0.6) is 0 Å². The minimum absolute atomic E-state index is 0.167. The monoisotopic (exact) mass is 265 g/mol. The molecule has 0 bridgehead atoms. The van der Waals surface area contributed by atoms with E-state index in [0.717, 1.165) is 44.0 Å². The third-order valence-corrected chi connectivity index (χ3v) is 4.07. The Morgan fingerprint density at radius 3 is 3.05 bits per heavy atom. The van der Waals surface area contributed by atoms with Gasteiger partial charge in [0.2, 0.25) is 0 Å². The molecule has 3 rings (SSSR count). The average Bonchev–Trinajstić information content (AvgIpc) is 2.93. The number of aromatic amines is 1. The van der Waals surface area contributed by atoms with Gasteiger partial charge in [-0.2, -0.15) is 0 Å². The first-order valence-corrected chi connectivity index (χ1v) is 6.72. The number of H-pyrrole nitrogens is 1. The van der Waals surface area contributed by atoms with Gasteiger partial charge < -0.3 is 14.5 Å².